The van der Waals surface area contributed by atoms with Gasteiger partial charge < -0.3 is 8.96 Å². The molecule has 0 bridgehead atoms. The lowest BCUT2D eigenvalue weighted by atomic mass is 9.46. The molecule has 0 fully saturated rings. The lowest BCUT2D eigenvalue weighted by Crippen LogP contribution is -2.75. The molecule has 0 unspecified atom stereocenters. The summed E-state index contributed by atoms with van der Waals surface area (Å²) in [6.45, 7) is 4.48. The van der Waals surface area contributed by atoms with Gasteiger partial charge in [0.2, 0.25) is 11.4 Å². The first-order valence-corrected chi connectivity index (χ1v) is 18.8. The summed E-state index contributed by atoms with van der Waals surface area (Å²) in [6, 6.07) is 64.0. The maximum Gasteiger partial charge on any atom is 0.418 e. The number of hydrogen-bond acceptors (Lipinski definition) is 0. The molecule has 3 heterocycles. The summed E-state index contributed by atoms with van der Waals surface area (Å²) < 4.78 is 4.91. The molecule has 9 rings (SSSR count). The molecule has 6 aromatic carbocycles. The number of fused-ring (bicyclic) bond motifs is 2. The van der Waals surface area contributed by atoms with E-state index in [1.54, 1.807) is 0 Å². The molecule has 7 aromatic rings. The first-order valence-electron chi connectivity index (χ1n) is 18.0. The topological polar surface area (TPSA) is 7.76 Å². The molecule has 2 aliphatic heterocycles. The van der Waals surface area contributed by atoms with Crippen LogP contribution in [0.5, 0.6) is 0 Å². The van der Waals surface area contributed by atoms with Gasteiger partial charge in [0.05, 0.1) is 0 Å². The summed E-state index contributed by atoms with van der Waals surface area (Å²) in [5.74, 6) is 0. The van der Waals surface area contributed by atoms with Crippen LogP contribution in [0.25, 0.3) is 22.1 Å². The maximum atomic E-state index is 8.50. The van der Waals surface area contributed by atoms with Crippen molar-refractivity contribution in [2.24, 2.45) is 0 Å². The number of halogens is 2. The van der Waals surface area contributed by atoms with Crippen LogP contribution in [0.1, 0.15) is 45.0 Å². The molecule has 0 N–H and O–H groups in total. The van der Waals surface area contributed by atoms with Crippen molar-refractivity contribution in [1.29, 1.82) is 0 Å². The van der Waals surface area contributed by atoms with Crippen molar-refractivity contribution in [2.45, 2.75) is 13.8 Å². The van der Waals surface area contributed by atoms with Gasteiger partial charge in [-0.05, 0) is 11.1 Å². The van der Waals surface area contributed by atoms with Crippen LogP contribution >= 0.6 is 22.9 Å². The van der Waals surface area contributed by atoms with E-state index in [0.29, 0.717) is 0 Å². The fourth-order valence-corrected chi connectivity index (χ4v) is 10.4. The average molecular weight is 709 g/mol. The molecule has 0 radical (unpaired) electrons. The molecule has 250 valence electrons. The Morgan fingerprint density at radius 3 is 0.885 bits per heavy atom. The molecule has 1 aromatic heterocycles. The summed E-state index contributed by atoms with van der Waals surface area (Å²) in [7, 11) is 0. The predicted molar refractivity (Wildman–Crippen MR) is 220 cm³/mol. The minimum Gasteiger partial charge on any atom is -0.385 e. The number of rotatable bonds is 6. The fourth-order valence-electron chi connectivity index (χ4n) is 9.11. The highest BCUT2D eigenvalue weighted by Gasteiger charge is 2.59. The van der Waals surface area contributed by atoms with Crippen molar-refractivity contribution >= 4 is 67.3 Å². The van der Waals surface area contributed by atoms with E-state index in [0.717, 1.165) is 78.0 Å². The summed E-state index contributed by atoms with van der Waals surface area (Å²) in [5, 5.41) is 0. The zero-order valence-corrected chi connectivity index (χ0v) is 30.6. The molecule has 2 atom stereocenters. The van der Waals surface area contributed by atoms with E-state index in [2.05, 4.69) is 205 Å². The van der Waals surface area contributed by atoms with E-state index in [1.807, 2.05) is 0 Å². The molecule has 2 aliphatic rings. The molecule has 0 aliphatic carbocycles. The van der Waals surface area contributed by atoms with Crippen LogP contribution in [-0.2, 0) is 0 Å². The second kappa shape index (κ2) is 12.7. The van der Waals surface area contributed by atoms with E-state index >= 15 is 0 Å². The second-order valence-corrected chi connectivity index (χ2v) is 15.2. The number of aromatic nitrogens is 2. The molecule has 0 spiro atoms. The molecule has 2 nitrogen and oxygen atoms in total. The molecule has 6 heteroatoms. The third kappa shape index (κ3) is 4.68. The molecule has 0 saturated heterocycles. The zero-order chi connectivity index (χ0) is 35.5. The van der Waals surface area contributed by atoms with Crippen LogP contribution in [0.3, 0.4) is 0 Å². The monoisotopic (exact) mass is 708 g/mol. The SMILES string of the molecule is Cc1c2[n+](c(C)c3[n+]1[B@-](Cl)(c1ccccc1)C(c1ccccc1)=C3c1ccccc1)[B@@-](Cl)(c1ccccc1)C(c1ccccc1)=C2c1ccccc1. The van der Waals surface area contributed by atoms with E-state index in [-0.39, 0.29) is 0 Å². The lowest BCUT2D eigenvalue weighted by Gasteiger charge is -2.33. The Hall–Kier alpha value is -5.41. The van der Waals surface area contributed by atoms with Crippen molar-refractivity contribution in [3.05, 3.63) is 227 Å². The van der Waals surface area contributed by atoms with Gasteiger partial charge >= 0.3 is 11.4 Å². The quantitative estimate of drug-likeness (QED) is 0.153. The molecule has 52 heavy (non-hydrogen) atoms. The van der Waals surface area contributed by atoms with Crippen molar-refractivity contribution in [2.75, 3.05) is 0 Å². The van der Waals surface area contributed by atoms with E-state index in [1.165, 1.54) is 0 Å². The third-order valence-electron chi connectivity index (χ3n) is 11.2. The van der Waals surface area contributed by atoms with Gasteiger partial charge in [-0.3, -0.25) is 22.9 Å². The van der Waals surface area contributed by atoms with Crippen molar-refractivity contribution in [1.82, 2.24) is 0 Å². The van der Waals surface area contributed by atoms with Gasteiger partial charge in [0, 0.05) is 25.0 Å². The molecular formula is C46H36B2Cl2N2. The van der Waals surface area contributed by atoms with Crippen molar-refractivity contribution in [3.8, 4) is 0 Å². The Morgan fingerprint density at radius 2 is 0.596 bits per heavy atom. The normalized spacial score (nSPS) is 19.2. The number of benzene rings is 6. The maximum absolute atomic E-state index is 8.50. The van der Waals surface area contributed by atoms with Crippen LogP contribution in [0.2, 0.25) is 0 Å². The predicted octanol–water partition coefficient (Wildman–Crippen LogP) is 8.77. The standard InChI is InChI=1S/C46H36B2Cl2N2/c1-33-45-41(35-21-9-3-10-22-35)43(37-25-13-5-14-26-37)48(50,40-31-19-8-20-32-40)52(45)34(2)46-42(36-23-11-4-12-24-36)44(38-27-15-6-16-28-38)47(49,51(33)46)39-29-17-7-18-30-39/h3-32H,1-2H3/t47-,48+. The Kier molecular flexibility index (Phi) is 7.92. The minimum absolute atomic E-state index is 1.06. The van der Waals surface area contributed by atoms with E-state index < -0.39 is 11.4 Å². The average Bonchev–Trinajstić information content (AvgIpc) is 3.67. The van der Waals surface area contributed by atoms with Crippen LogP contribution in [0.15, 0.2) is 182 Å². The van der Waals surface area contributed by atoms with Gasteiger partial charge in [-0.15, -0.1) is 10.9 Å². The first-order chi connectivity index (χ1) is 25.5. The number of nitrogens with zero attached hydrogens (tertiary/aromatic N) is 2. The molecule has 0 saturated carbocycles. The Labute approximate surface area is 315 Å². The molecule has 0 amide bonds. The summed E-state index contributed by atoms with van der Waals surface area (Å²) in [4.78, 5) is 0. The summed E-state index contributed by atoms with van der Waals surface area (Å²) >= 11 is 17.0. The summed E-state index contributed by atoms with van der Waals surface area (Å²) in [6.07, 6.45) is 0. The van der Waals surface area contributed by atoms with Crippen LogP contribution in [0.4, 0.5) is 0 Å². The van der Waals surface area contributed by atoms with Crippen LogP contribution in [-0.4, -0.2) is 11.4 Å². The third-order valence-corrected chi connectivity index (χ3v) is 12.5. The fraction of sp³-hybridized carbons (Fsp3) is 0.0435. The van der Waals surface area contributed by atoms with Gasteiger partial charge in [-0.25, -0.2) is 0 Å². The van der Waals surface area contributed by atoms with Gasteiger partial charge in [-0.1, -0.05) is 204 Å². The highest BCUT2D eigenvalue weighted by molar-refractivity contribution is 7.33. The Morgan fingerprint density at radius 1 is 0.346 bits per heavy atom. The van der Waals surface area contributed by atoms with Crippen LogP contribution in [0, 0.1) is 13.8 Å². The van der Waals surface area contributed by atoms with Gasteiger partial charge in [-0.2, -0.15) is 0 Å². The number of hydrogen-bond donors (Lipinski definition) is 0. The van der Waals surface area contributed by atoms with Gasteiger partial charge in [0.25, 0.3) is 0 Å². The largest absolute Gasteiger partial charge is 0.418 e. The zero-order valence-electron chi connectivity index (χ0n) is 29.1. The summed E-state index contributed by atoms with van der Waals surface area (Å²) in [5.41, 5.74) is 11.1. The minimum atomic E-state index is -2.07. The van der Waals surface area contributed by atoms with Gasteiger partial charge in [0.1, 0.15) is 0 Å². The van der Waals surface area contributed by atoms with Crippen molar-refractivity contribution in [3.63, 3.8) is 0 Å². The van der Waals surface area contributed by atoms with Crippen LogP contribution < -0.4 is 19.9 Å². The Balaban J connectivity index is 1.51. The smallest absolute Gasteiger partial charge is 0.385 e. The molecular weight excluding hydrogens is 673 g/mol. The highest BCUT2D eigenvalue weighted by atomic mass is 35.5. The highest BCUT2D eigenvalue weighted by Crippen LogP contribution is 2.48. The lowest BCUT2D eigenvalue weighted by molar-refractivity contribution is -0.610. The van der Waals surface area contributed by atoms with E-state index in [4.69, 9.17) is 22.9 Å². The van der Waals surface area contributed by atoms with E-state index in [9.17, 15) is 0 Å². The Bertz CT molecular complexity index is 2350. The first kappa shape index (κ1) is 32.5. The van der Waals surface area contributed by atoms with Crippen molar-refractivity contribution < 1.29 is 8.96 Å². The second-order valence-electron chi connectivity index (χ2n) is 13.9. The van der Waals surface area contributed by atoms with Gasteiger partial charge in [0.15, 0.2) is 11.4 Å².